The maximum Gasteiger partial charge on any atom is 0.251 e. The molecule has 1 heterocycles. The molecule has 0 spiro atoms. The van der Waals surface area contributed by atoms with Crippen LogP contribution in [0.15, 0.2) is 43.0 Å². The third kappa shape index (κ3) is 4.79. The maximum atomic E-state index is 12.0. The second-order valence-corrected chi connectivity index (χ2v) is 4.41. The van der Waals surface area contributed by atoms with E-state index in [2.05, 4.69) is 22.1 Å². The van der Waals surface area contributed by atoms with E-state index in [9.17, 15) is 4.79 Å². The molecule has 0 aliphatic carbocycles. The van der Waals surface area contributed by atoms with Crippen LogP contribution >= 0.6 is 0 Å². The summed E-state index contributed by atoms with van der Waals surface area (Å²) in [6.07, 6.45) is 5.70. The molecule has 0 fully saturated rings. The number of hydrogen-bond donors (Lipinski definition) is 2. The zero-order valence-electron chi connectivity index (χ0n) is 11.6. The van der Waals surface area contributed by atoms with Crippen molar-refractivity contribution >= 4 is 5.91 Å². The molecule has 1 aromatic carbocycles. The molecule has 0 radical (unpaired) electrons. The Kier molecular flexibility index (Phi) is 5.56. The van der Waals surface area contributed by atoms with Gasteiger partial charge in [0.1, 0.15) is 0 Å². The SMILES string of the molecule is O=C(NCCn1ccnc1)c1cccc(C#CCCO)c1. The first-order valence-electron chi connectivity index (χ1n) is 6.73. The number of carbonyl (C=O) groups is 1. The van der Waals surface area contributed by atoms with Gasteiger partial charge in [0.05, 0.1) is 12.9 Å². The average molecular weight is 283 g/mol. The van der Waals surface area contributed by atoms with Crippen LogP contribution < -0.4 is 5.32 Å². The molecule has 2 N–H and O–H groups in total. The monoisotopic (exact) mass is 283 g/mol. The summed E-state index contributed by atoms with van der Waals surface area (Å²) in [7, 11) is 0. The quantitative estimate of drug-likeness (QED) is 0.806. The summed E-state index contributed by atoms with van der Waals surface area (Å²) in [6.45, 7) is 1.26. The van der Waals surface area contributed by atoms with E-state index in [0.29, 0.717) is 25.1 Å². The van der Waals surface area contributed by atoms with Crippen molar-refractivity contribution in [2.75, 3.05) is 13.2 Å². The largest absolute Gasteiger partial charge is 0.395 e. The Hall–Kier alpha value is -2.58. The van der Waals surface area contributed by atoms with E-state index in [-0.39, 0.29) is 12.5 Å². The first-order chi connectivity index (χ1) is 10.3. The maximum absolute atomic E-state index is 12.0. The van der Waals surface area contributed by atoms with Gasteiger partial charge in [0.25, 0.3) is 5.91 Å². The van der Waals surface area contributed by atoms with Crippen LogP contribution in [0.1, 0.15) is 22.3 Å². The summed E-state index contributed by atoms with van der Waals surface area (Å²) in [5, 5.41) is 11.5. The van der Waals surface area contributed by atoms with Crippen molar-refractivity contribution in [1.82, 2.24) is 14.9 Å². The van der Waals surface area contributed by atoms with Gasteiger partial charge in [-0.25, -0.2) is 4.98 Å². The van der Waals surface area contributed by atoms with E-state index < -0.39 is 0 Å². The van der Waals surface area contributed by atoms with Crippen molar-refractivity contribution in [2.24, 2.45) is 0 Å². The smallest absolute Gasteiger partial charge is 0.251 e. The molecule has 21 heavy (non-hydrogen) atoms. The molecule has 0 saturated carbocycles. The number of carbonyl (C=O) groups excluding carboxylic acids is 1. The predicted octanol–water partition coefficient (Wildman–Crippen LogP) is 1.05. The van der Waals surface area contributed by atoms with Crippen LogP contribution in [0.5, 0.6) is 0 Å². The van der Waals surface area contributed by atoms with Gasteiger partial charge in [-0.3, -0.25) is 4.79 Å². The number of aliphatic hydroxyl groups is 1. The number of nitrogens with one attached hydrogen (secondary N) is 1. The van der Waals surface area contributed by atoms with Gasteiger partial charge in [0.15, 0.2) is 0 Å². The van der Waals surface area contributed by atoms with Crippen LogP contribution in [-0.2, 0) is 6.54 Å². The van der Waals surface area contributed by atoms with Gasteiger partial charge in [-0.1, -0.05) is 17.9 Å². The summed E-state index contributed by atoms with van der Waals surface area (Å²) < 4.78 is 1.90. The Balaban J connectivity index is 1.90. The summed E-state index contributed by atoms with van der Waals surface area (Å²) in [5.41, 5.74) is 1.35. The van der Waals surface area contributed by atoms with Crippen molar-refractivity contribution in [1.29, 1.82) is 0 Å². The summed E-state index contributed by atoms with van der Waals surface area (Å²) in [6, 6.07) is 7.14. The lowest BCUT2D eigenvalue weighted by Crippen LogP contribution is -2.27. The molecule has 0 aliphatic heterocycles. The number of amides is 1. The average Bonchev–Trinajstić information content (AvgIpc) is 3.01. The first kappa shape index (κ1) is 14.8. The standard InChI is InChI=1S/C16H17N3O2/c20-11-2-1-4-14-5-3-6-15(12-14)16(21)18-8-10-19-9-7-17-13-19/h3,5-7,9,12-13,20H,2,8,10-11H2,(H,18,21). The van der Waals surface area contributed by atoms with E-state index in [1.807, 2.05) is 16.8 Å². The predicted molar refractivity (Wildman–Crippen MR) is 79.6 cm³/mol. The van der Waals surface area contributed by atoms with E-state index in [1.165, 1.54) is 0 Å². The second kappa shape index (κ2) is 7.88. The van der Waals surface area contributed by atoms with Gasteiger partial charge >= 0.3 is 0 Å². The minimum atomic E-state index is -0.124. The van der Waals surface area contributed by atoms with Crippen molar-refractivity contribution in [3.63, 3.8) is 0 Å². The Morgan fingerprint density at radius 2 is 2.33 bits per heavy atom. The van der Waals surface area contributed by atoms with Crippen LogP contribution in [0, 0.1) is 11.8 Å². The number of nitrogens with zero attached hydrogens (tertiary/aromatic N) is 2. The minimum absolute atomic E-state index is 0.0431. The molecule has 1 amide bonds. The zero-order valence-corrected chi connectivity index (χ0v) is 11.6. The zero-order chi connectivity index (χ0) is 14.9. The number of aromatic nitrogens is 2. The molecular weight excluding hydrogens is 266 g/mol. The third-order valence-corrected chi connectivity index (χ3v) is 2.81. The van der Waals surface area contributed by atoms with Gasteiger partial charge in [-0.15, -0.1) is 0 Å². The highest BCUT2D eigenvalue weighted by atomic mass is 16.2. The lowest BCUT2D eigenvalue weighted by Gasteiger charge is -2.06. The molecule has 0 saturated heterocycles. The third-order valence-electron chi connectivity index (χ3n) is 2.81. The fourth-order valence-electron chi connectivity index (χ4n) is 1.78. The highest BCUT2D eigenvalue weighted by molar-refractivity contribution is 5.94. The first-order valence-corrected chi connectivity index (χ1v) is 6.73. The highest BCUT2D eigenvalue weighted by Crippen LogP contribution is 2.04. The fraction of sp³-hybridized carbons (Fsp3) is 0.250. The van der Waals surface area contributed by atoms with E-state index >= 15 is 0 Å². The molecule has 0 atom stereocenters. The second-order valence-electron chi connectivity index (χ2n) is 4.41. The molecule has 0 bridgehead atoms. The number of rotatable bonds is 5. The van der Waals surface area contributed by atoms with Gasteiger partial charge < -0.3 is 15.0 Å². The highest BCUT2D eigenvalue weighted by Gasteiger charge is 2.04. The Labute approximate surface area is 123 Å². The van der Waals surface area contributed by atoms with Crippen LogP contribution in [0.3, 0.4) is 0 Å². The van der Waals surface area contributed by atoms with E-state index in [4.69, 9.17) is 5.11 Å². The van der Waals surface area contributed by atoms with Crippen molar-refractivity contribution < 1.29 is 9.90 Å². The van der Waals surface area contributed by atoms with Crippen LogP contribution in [0.2, 0.25) is 0 Å². The van der Waals surface area contributed by atoms with Crippen molar-refractivity contribution in [3.8, 4) is 11.8 Å². The van der Waals surface area contributed by atoms with Gasteiger partial charge in [0, 0.05) is 43.0 Å². The molecule has 1 aromatic heterocycles. The Bertz CT molecular complexity index is 639. The van der Waals surface area contributed by atoms with Crippen LogP contribution in [0.4, 0.5) is 0 Å². The van der Waals surface area contributed by atoms with Gasteiger partial charge in [-0.05, 0) is 18.2 Å². The Morgan fingerprint density at radius 3 is 3.10 bits per heavy atom. The fourth-order valence-corrected chi connectivity index (χ4v) is 1.78. The van der Waals surface area contributed by atoms with Crippen molar-refractivity contribution in [3.05, 3.63) is 54.1 Å². The molecule has 0 unspecified atom stereocenters. The molecule has 5 nitrogen and oxygen atoms in total. The number of imidazole rings is 1. The van der Waals surface area contributed by atoms with Gasteiger partial charge in [0.2, 0.25) is 0 Å². The van der Waals surface area contributed by atoms with Crippen LogP contribution in [-0.4, -0.2) is 33.7 Å². The number of hydrogen-bond acceptors (Lipinski definition) is 3. The minimum Gasteiger partial charge on any atom is -0.395 e. The summed E-state index contributed by atoms with van der Waals surface area (Å²) in [5.74, 6) is 5.63. The van der Waals surface area contributed by atoms with E-state index in [0.717, 1.165) is 5.56 Å². The van der Waals surface area contributed by atoms with Gasteiger partial charge in [-0.2, -0.15) is 0 Å². The van der Waals surface area contributed by atoms with E-state index in [1.54, 1.807) is 30.7 Å². The topological polar surface area (TPSA) is 67.2 Å². The number of aliphatic hydroxyl groups excluding tert-OH is 1. The van der Waals surface area contributed by atoms with Crippen LogP contribution in [0.25, 0.3) is 0 Å². The molecule has 2 rings (SSSR count). The molecule has 108 valence electrons. The lowest BCUT2D eigenvalue weighted by molar-refractivity contribution is 0.0952. The summed E-state index contributed by atoms with van der Waals surface area (Å²) >= 11 is 0. The van der Waals surface area contributed by atoms with Crippen molar-refractivity contribution in [2.45, 2.75) is 13.0 Å². The molecular formula is C16H17N3O2. The molecule has 5 heteroatoms. The molecule has 0 aliphatic rings. The Morgan fingerprint density at radius 1 is 1.43 bits per heavy atom. The normalized spacial score (nSPS) is 9.76. The lowest BCUT2D eigenvalue weighted by atomic mass is 10.1. The number of benzene rings is 1. The summed E-state index contributed by atoms with van der Waals surface area (Å²) in [4.78, 5) is 16.0. The molecule has 2 aromatic rings.